The Morgan fingerprint density at radius 2 is 2.27 bits per heavy atom. The molecule has 0 aromatic carbocycles. The molecule has 80 valence electrons. The maximum Gasteiger partial charge on any atom is 0.138 e. The first-order valence-corrected chi connectivity index (χ1v) is 4.65. The van der Waals surface area contributed by atoms with Gasteiger partial charge in [0.05, 0.1) is 18.2 Å². The number of hydrogen-bond donors (Lipinski definition) is 1. The van der Waals surface area contributed by atoms with Crippen molar-refractivity contribution in [1.29, 1.82) is 0 Å². The molecule has 2 aromatic rings. The second-order valence-corrected chi connectivity index (χ2v) is 3.45. The number of hydrogen-bond acceptors (Lipinski definition) is 4. The van der Waals surface area contributed by atoms with E-state index >= 15 is 0 Å². The Morgan fingerprint density at radius 1 is 1.47 bits per heavy atom. The molecule has 2 rings (SSSR count). The van der Waals surface area contributed by atoms with E-state index in [1.807, 2.05) is 7.05 Å². The predicted molar refractivity (Wildman–Crippen MR) is 52.9 cm³/mol. The van der Waals surface area contributed by atoms with E-state index in [9.17, 15) is 5.11 Å². The normalized spacial score (nSPS) is 13.0. The highest BCUT2D eigenvalue weighted by atomic mass is 16.3. The quantitative estimate of drug-likeness (QED) is 0.758. The first-order valence-electron chi connectivity index (χ1n) is 4.65. The third-order valence-electron chi connectivity index (χ3n) is 2.38. The van der Waals surface area contributed by atoms with Gasteiger partial charge in [-0.25, -0.2) is 9.97 Å². The van der Waals surface area contributed by atoms with Gasteiger partial charge >= 0.3 is 0 Å². The van der Waals surface area contributed by atoms with Gasteiger partial charge in [0.1, 0.15) is 18.3 Å². The topological polar surface area (TPSA) is 68.8 Å². The van der Waals surface area contributed by atoms with Crippen LogP contribution in [0.4, 0.5) is 0 Å². The lowest BCUT2D eigenvalue weighted by Gasteiger charge is -2.10. The fourth-order valence-corrected chi connectivity index (χ4v) is 1.47. The van der Waals surface area contributed by atoms with Crippen LogP contribution in [0.1, 0.15) is 17.6 Å². The zero-order valence-corrected chi connectivity index (χ0v) is 8.70. The van der Waals surface area contributed by atoms with Gasteiger partial charge in [-0.3, -0.25) is 4.68 Å². The Morgan fingerprint density at radius 3 is 2.80 bits per heavy atom. The number of rotatable bonds is 3. The van der Waals surface area contributed by atoms with Crippen LogP contribution in [0.15, 0.2) is 18.9 Å². The Kier molecular flexibility index (Phi) is 2.51. The molecule has 6 nitrogen and oxygen atoms in total. The minimum absolute atomic E-state index is 0.441. The second kappa shape index (κ2) is 3.82. The summed E-state index contributed by atoms with van der Waals surface area (Å²) in [7, 11) is 3.65. The number of aryl methyl sites for hydroxylation is 2. The zero-order valence-electron chi connectivity index (χ0n) is 8.70. The van der Waals surface area contributed by atoms with E-state index in [2.05, 4.69) is 15.1 Å². The number of imidazole rings is 1. The third kappa shape index (κ3) is 1.89. The molecule has 2 aromatic heterocycles. The van der Waals surface area contributed by atoms with Gasteiger partial charge in [-0.15, -0.1) is 0 Å². The lowest BCUT2D eigenvalue weighted by Crippen LogP contribution is -2.10. The molecule has 0 bridgehead atoms. The standard InChI is InChI=1S/C9H13N5O/c1-13-6-10-4-7(13)8(15)3-9-11-5-12-14(9)2/h4-6,8,15H,3H2,1-2H3. The van der Waals surface area contributed by atoms with E-state index in [0.29, 0.717) is 6.42 Å². The van der Waals surface area contributed by atoms with Gasteiger partial charge in [0.15, 0.2) is 0 Å². The van der Waals surface area contributed by atoms with Crippen molar-refractivity contribution in [2.24, 2.45) is 14.1 Å². The first-order chi connectivity index (χ1) is 7.18. The molecule has 6 heteroatoms. The Bertz CT molecular complexity index is 447. The van der Waals surface area contributed by atoms with E-state index < -0.39 is 6.10 Å². The van der Waals surface area contributed by atoms with Crippen LogP contribution in [-0.2, 0) is 20.5 Å². The summed E-state index contributed by atoms with van der Waals surface area (Å²) in [5, 5.41) is 13.9. The monoisotopic (exact) mass is 207 g/mol. The molecule has 1 atom stereocenters. The van der Waals surface area contributed by atoms with Crippen molar-refractivity contribution in [1.82, 2.24) is 24.3 Å². The van der Waals surface area contributed by atoms with Crippen LogP contribution in [0, 0.1) is 0 Å². The largest absolute Gasteiger partial charge is 0.386 e. The Labute approximate surface area is 87.2 Å². The highest BCUT2D eigenvalue weighted by Gasteiger charge is 2.14. The molecule has 0 aliphatic rings. The Hall–Kier alpha value is -1.69. The second-order valence-electron chi connectivity index (χ2n) is 3.45. The van der Waals surface area contributed by atoms with Crippen molar-refractivity contribution < 1.29 is 5.11 Å². The maximum atomic E-state index is 9.94. The molecule has 0 saturated carbocycles. The van der Waals surface area contributed by atoms with Gasteiger partial charge in [-0.1, -0.05) is 0 Å². The minimum atomic E-state index is -0.597. The molecular weight excluding hydrogens is 194 g/mol. The summed E-state index contributed by atoms with van der Waals surface area (Å²) in [5.74, 6) is 0.753. The lowest BCUT2D eigenvalue weighted by molar-refractivity contribution is 0.166. The number of aromatic nitrogens is 5. The summed E-state index contributed by atoms with van der Waals surface area (Å²) < 4.78 is 3.45. The molecule has 1 unspecified atom stereocenters. The summed E-state index contributed by atoms with van der Waals surface area (Å²) in [6, 6.07) is 0. The Balaban J connectivity index is 2.14. The van der Waals surface area contributed by atoms with Crippen molar-refractivity contribution in [3.05, 3.63) is 30.4 Å². The highest BCUT2D eigenvalue weighted by Crippen LogP contribution is 2.15. The smallest absolute Gasteiger partial charge is 0.138 e. The van der Waals surface area contributed by atoms with Crippen LogP contribution in [0.2, 0.25) is 0 Å². The van der Waals surface area contributed by atoms with E-state index in [4.69, 9.17) is 0 Å². The average Bonchev–Trinajstić information content (AvgIpc) is 2.76. The molecule has 0 aliphatic heterocycles. The molecule has 0 saturated heterocycles. The van der Waals surface area contributed by atoms with Gasteiger partial charge < -0.3 is 9.67 Å². The number of nitrogens with zero attached hydrogens (tertiary/aromatic N) is 5. The fourth-order valence-electron chi connectivity index (χ4n) is 1.47. The number of aliphatic hydroxyl groups is 1. The van der Waals surface area contributed by atoms with Crippen molar-refractivity contribution in [3.63, 3.8) is 0 Å². The van der Waals surface area contributed by atoms with Crippen molar-refractivity contribution >= 4 is 0 Å². The van der Waals surface area contributed by atoms with Gasteiger partial charge in [0.25, 0.3) is 0 Å². The van der Waals surface area contributed by atoms with Gasteiger partial charge in [0.2, 0.25) is 0 Å². The van der Waals surface area contributed by atoms with E-state index in [1.165, 1.54) is 6.33 Å². The average molecular weight is 207 g/mol. The zero-order chi connectivity index (χ0) is 10.8. The molecule has 0 spiro atoms. The van der Waals surface area contributed by atoms with Crippen LogP contribution in [-0.4, -0.2) is 29.4 Å². The highest BCUT2D eigenvalue weighted by molar-refractivity contribution is 5.04. The summed E-state index contributed by atoms with van der Waals surface area (Å²) >= 11 is 0. The molecule has 1 N–H and O–H groups in total. The van der Waals surface area contributed by atoms with Gasteiger partial charge in [-0.2, -0.15) is 5.10 Å². The predicted octanol–water partition coefficient (Wildman–Crippen LogP) is -0.175. The van der Waals surface area contributed by atoms with E-state index in [-0.39, 0.29) is 0 Å². The third-order valence-corrected chi connectivity index (χ3v) is 2.38. The fraction of sp³-hybridized carbons (Fsp3) is 0.444. The van der Waals surface area contributed by atoms with Crippen molar-refractivity contribution in [2.45, 2.75) is 12.5 Å². The van der Waals surface area contributed by atoms with Gasteiger partial charge in [0, 0.05) is 20.5 Å². The minimum Gasteiger partial charge on any atom is -0.386 e. The maximum absolute atomic E-state index is 9.94. The van der Waals surface area contributed by atoms with Crippen LogP contribution >= 0.6 is 0 Å². The first kappa shape index (κ1) is 9.85. The summed E-state index contributed by atoms with van der Waals surface area (Å²) in [4.78, 5) is 8.01. The molecule has 2 heterocycles. The number of aliphatic hydroxyl groups excluding tert-OH is 1. The van der Waals surface area contributed by atoms with Crippen molar-refractivity contribution in [3.8, 4) is 0 Å². The van der Waals surface area contributed by atoms with E-state index in [1.54, 1.807) is 28.8 Å². The van der Waals surface area contributed by atoms with Gasteiger partial charge in [-0.05, 0) is 0 Å². The molecule has 0 aliphatic carbocycles. The van der Waals surface area contributed by atoms with E-state index in [0.717, 1.165) is 11.5 Å². The SMILES string of the molecule is Cn1cncc1C(O)Cc1ncnn1C. The summed E-state index contributed by atoms with van der Waals surface area (Å²) in [6.45, 7) is 0. The molecule has 0 radical (unpaired) electrons. The summed E-state index contributed by atoms with van der Waals surface area (Å²) in [6.07, 6.45) is 4.64. The molecule has 0 fully saturated rings. The summed E-state index contributed by atoms with van der Waals surface area (Å²) in [5.41, 5.74) is 0.776. The van der Waals surface area contributed by atoms with Crippen LogP contribution in [0.25, 0.3) is 0 Å². The molecule has 0 amide bonds. The van der Waals surface area contributed by atoms with Crippen molar-refractivity contribution in [2.75, 3.05) is 0 Å². The van der Waals surface area contributed by atoms with Crippen LogP contribution in [0.5, 0.6) is 0 Å². The molecular formula is C9H13N5O. The lowest BCUT2D eigenvalue weighted by atomic mass is 10.2. The van der Waals surface area contributed by atoms with Crippen LogP contribution < -0.4 is 0 Å². The van der Waals surface area contributed by atoms with Crippen LogP contribution in [0.3, 0.4) is 0 Å². The molecule has 15 heavy (non-hydrogen) atoms.